The van der Waals surface area contributed by atoms with Crippen molar-refractivity contribution in [2.45, 2.75) is 32.4 Å². The summed E-state index contributed by atoms with van der Waals surface area (Å²) in [7, 11) is 2.06. The molecule has 4 rings (SSSR count). The second-order valence-corrected chi connectivity index (χ2v) is 8.90. The van der Waals surface area contributed by atoms with E-state index in [4.69, 9.17) is 4.74 Å². The van der Waals surface area contributed by atoms with Crippen molar-refractivity contribution in [3.05, 3.63) is 17.5 Å². The summed E-state index contributed by atoms with van der Waals surface area (Å²) in [4.78, 5) is 31.9. The van der Waals surface area contributed by atoms with E-state index in [1.807, 2.05) is 9.58 Å². The van der Waals surface area contributed by atoms with Gasteiger partial charge in [-0.05, 0) is 25.8 Å². The van der Waals surface area contributed by atoms with Crippen molar-refractivity contribution >= 4 is 11.8 Å². The Labute approximate surface area is 178 Å². The minimum absolute atomic E-state index is 0.0597. The number of nitrogens with one attached hydrogen (secondary N) is 1. The number of likely N-dealkylation sites (N-methyl/N-ethyl adjacent to an activating group) is 1. The lowest BCUT2D eigenvalue weighted by molar-refractivity contribution is -0.136. The van der Waals surface area contributed by atoms with E-state index in [9.17, 15) is 9.59 Å². The van der Waals surface area contributed by atoms with Gasteiger partial charge in [-0.2, -0.15) is 5.10 Å². The zero-order chi connectivity index (χ0) is 21.1. The number of fused-ring (bicyclic) bond motifs is 1. The molecule has 3 aliphatic heterocycles. The Morgan fingerprint density at radius 3 is 2.80 bits per heavy atom. The number of carbonyl (C=O) groups is 2. The normalized spacial score (nSPS) is 25.7. The van der Waals surface area contributed by atoms with Crippen LogP contribution in [0.15, 0.2) is 6.20 Å². The monoisotopic (exact) mass is 418 g/mol. The Hall–Kier alpha value is -1.97. The lowest BCUT2D eigenvalue weighted by Crippen LogP contribution is -2.58. The van der Waals surface area contributed by atoms with Crippen LogP contribution in [0.1, 0.15) is 29.4 Å². The topological polar surface area (TPSA) is 82.9 Å². The molecule has 0 aliphatic carbocycles. The molecule has 1 aromatic heterocycles. The molecular weight excluding hydrogens is 384 g/mol. The highest BCUT2D eigenvalue weighted by Crippen LogP contribution is 2.22. The highest BCUT2D eigenvalue weighted by molar-refractivity contribution is 5.95. The van der Waals surface area contributed by atoms with Gasteiger partial charge in [-0.15, -0.1) is 0 Å². The van der Waals surface area contributed by atoms with Crippen molar-refractivity contribution in [1.82, 2.24) is 29.8 Å². The second-order valence-electron chi connectivity index (χ2n) is 8.90. The molecule has 2 atom stereocenters. The van der Waals surface area contributed by atoms with Crippen LogP contribution in [-0.2, 0) is 22.5 Å². The van der Waals surface area contributed by atoms with Crippen LogP contribution in [0.25, 0.3) is 0 Å². The van der Waals surface area contributed by atoms with Crippen LogP contribution < -0.4 is 5.32 Å². The van der Waals surface area contributed by atoms with E-state index in [-0.39, 0.29) is 17.9 Å². The Kier molecular flexibility index (Phi) is 6.70. The maximum Gasteiger partial charge on any atom is 0.254 e. The molecule has 0 saturated carbocycles. The van der Waals surface area contributed by atoms with E-state index in [0.717, 1.165) is 51.3 Å². The zero-order valence-corrected chi connectivity index (χ0v) is 18.2. The predicted octanol–water partition coefficient (Wildman–Crippen LogP) is -0.330. The third-order valence-corrected chi connectivity index (χ3v) is 6.66. The summed E-state index contributed by atoms with van der Waals surface area (Å²) in [5, 5.41) is 7.48. The van der Waals surface area contributed by atoms with Gasteiger partial charge in [-0.1, -0.05) is 6.92 Å². The third kappa shape index (κ3) is 4.84. The van der Waals surface area contributed by atoms with Crippen molar-refractivity contribution in [3.63, 3.8) is 0 Å². The zero-order valence-electron chi connectivity index (χ0n) is 18.2. The van der Waals surface area contributed by atoms with Crippen molar-refractivity contribution < 1.29 is 14.3 Å². The van der Waals surface area contributed by atoms with Crippen LogP contribution in [0.3, 0.4) is 0 Å². The fourth-order valence-corrected chi connectivity index (χ4v) is 4.53. The number of nitrogens with zero attached hydrogens (tertiary/aromatic N) is 5. The second kappa shape index (κ2) is 9.45. The van der Waals surface area contributed by atoms with Crippen LogP contribution in [-0.4, -0.2) is 108 Å². The van der Waals surface area contributed by atoms with Gasteiger partial charge >= 0.3 is 0 Å². The number of piperazine rings is 1. The summed E-state index contributed by atoms with van der Waals surface area (Å²) < 4.78 is 7.33. The highest BCUT2D eigenvalue weighted by Gasteiger charge is 2.29. The molecule has 1 N–H and O–H groups in total. The van der Waals surface area contributed by atoms with E-state index in [1.165, 1.54) is 0 Å². The predicted molar refractivity (Wildman–Crippen MR) is 112 cm³/mol. The minimum Gasteiger partial charge on any atom is -0.379 e. The number of rotatable bonds is 5. The lowest BCUT2D eigenvalue weighted by atomic mass is 9.96. The van der Waals surface area contributed by atoms with E-state index < -0.39 is 0 Å². The largest absolute Gasteiger partial charge is 0.379 e. The third-order valence-electron chi connectivity index (χ3n) is 6.66. The van der Waals surface area contributed by atoms with Gasteiger partial charge < -0.3 is 15.0 Å². The van der Waals surface area contributed by atoms with E-state index in [2.05, 4.69) is 34.2 Å². The maximum absolute atomic E-state index is 12.8. The summed E-state index contributed by atoms with van der Waals surface area (Å²) in [6.45, 7) is 9.29. The Morgan fingerprint density at radius 2 is 2.00 bits per heavy atom. The van der Waals surface area contributed by atoms with Gasteiger partial charge in [0.05, 0.1) is 37.2 Å². The average molecular weight is 419 g/mol. The first-order valence-electron chi connectivity index (χ1n) is 11.1. The number of amides is 2. The number of morpholine rings is 1. The van der Waals surface area contributed by atoms with Gasteiger partial charge in [-0.25, -0.2) is 0 Å². The summed E-state index contributed by atoms with van der Waals surface area (Å²) in [6.07, 6.45) is 3.71. The lowest BCUT2D eigenvalue weighted by Gasteiger charge is -2.40. The van der Waals surface area contributed by atoms with E-state index in [0.29, 0.717) is 44.3 Å². The Balaban J connectivity index is 1.31. The van der Waals surface area contributed by atoms with Gasteiger partial charge in [0.15, 0.2) is 0 Å². The van der Waals surface area contributed by atoms with Gasteiger partial charge in [0, 0.05) is 51.9 Å². The number of aromatic nitrogens is 2. The Bertz CT molecular complexity index is 760. The van der Waals surface area contributed by atoms with Crippen molar-refractivity contribution in [2.24, 2.45) is 5.92 Å². The van der Waals surface area contributed by atoms with E-state index in [1.54, 1.807) is 6.20 Å². The van der Waals surface area contributed by atoms with Crippen LogP contribution in [0.5, 0.6) is 0 Å². The SMILES string of the molecule is CC1CCn2ncc(C(=O)NCC3CN(C(=O)CN4CCOCC4)CCN3C)c2C1. The Morgan fingerprint density at radius 1 is 1.20 bits per heavy atom. The number of hydrogen-bond acceptors (Lipinski definition) is 6. The summed E-state index contributed by atoms with van der Waals surface area (Å²) >= 11 is 0. The van der Waals surface area contributed by atoms with Crippen LogP contribution in [0.2, 0.25) is 0 Å². The molecule has 2 fully saturated rings. The molecule has 3 aliphatic rings. The number of aryl methyl sites for hydroxylation is 1. The summed E-state index contributed by atoms with van der Waals surface area (Å²) in [6, 6.07) is 0.113. The highest BCUT2D eigenvalue weighted by atomic mass is 16.5. The van der Waals surface area contributed by atoms with Crippen LogP contribution in [0.4, 0.5) is 0 Å². The summed E-state index contributed by atoms with van der Waals surface area (Å²) in [5.41, 5.74) is 1.74. The molecule has 0 bridgehead atoms. The number of hydrogen-bond donors (Lipinski definition) is 1. The average Bonchev–Trinajstić information content (AvgIpc) is 3.16. The molecule has 1 aromatic rings. The molecule has 9 heteroatoms. The molecule has 2 amide bonds. The minimum atomic E-state index is -0.0597. The van der Waals surface area contributed by atoms with Crippen molar-refractivity contribution in [1.29, 1.82) is 0 Å². The molecule has 0 spiro atoms. The molecule has 30 heavy (non-hydrogen) atoms. The van der Waals surface area contributed by atoms with Crippen LogP contribution >= 0.6 is 0 Å². The molecule has 2 saturated heterocycles. The standard InChI is InChI=1S/C21H34N6O3/c1-16-3-4-27-19(11-16)18(13-23-27)21(29)22-12-17-14-26(6-5-24(17)2)20(28)15-25-7-9-30-10-8-25/h13,16-17H,3-12,14-15H2,1-2H3,(H,22,29). The summed E-state index contributed by atoms with van der Waals surface area (Å²) in [5.74, 6) is 0.688. The first-order chi connectivity index (χ1) is 14.5. The van der Waals surface area contributed by atoms with Gasteiger partial charge in [0.1, 0.15) is 0 Å². The number of carbonyl (C=O) groups excluding carboxylic acids is 2. The molecular formula is C21H34N6O3. The molecule has 0 aromatic carbocycles. The maximum atomic E-state index is 12.8. The van der Waals surface area contributed by atoms with Crippen molar-refractivity contribution in [3.8, 4) is 0 Å². The van der Waals surface area contributed by atoms with Gasteiger partial charge in [0.2, 0.25) is 5.91 Å². The first-order valence-corrected chi connectivity index (χ1v) is 11.1. The quantitative estimate of drug-likeness (QED) is 0.705. The molecule has 4 heterocycles. The first kappa shape index (κ1) is 21.3. The smallest absolute Gasteiger partial charge is 0.254 e. The van der Waals surface area contributed by atoms with Gasteiger partial charge in [-0.3, -0.25) is 24.1 Å². The van der Waals surface area contributed by atoms with Crippen LogP contribution in [0, 0.1) is 5.92 Å². The van der Waals surface area contributed by atoms with E-state index >= 15 is 0 Å². The number of ether oxygens (including phenoxy) is 1. The fourth-order valence-electron chi connectivity index (χ4n) is 4.53. The molecule has 9 nitrogen and oxygen atoms in total. The van der Waals surface area contributed by atoms with Gasteiger partial charge in [0.25, 0.3) is 5.91 Å². The van der Waals surface area contributed by atoms with Crippen molar-refractivity contribution in [2.75, 3.05) is 66.1 Å². The molecule has 0 radical (unpaired) electrons. The molecule has 166 valence electrons. The fraction of sp³-hybridized carbons (Fsp3) is 0.762. The molecule has 2 unspecified atom stereocenters.